The zero-order chi connectivity index (χ0) is 20.7. The van der Waals surface area contributed by atoms with Gasteiger partial charge in [-0.2, -0.15) is 5.26 Å². The highest BCUT2D eigenvalue weighted by atomic mass is 35.5. The van der Waals surface area contributed by atoms with Crippen molar-refractivity contribution in [3.8, 4) is 17.6 Å². The second-order valence-electron chi connectivity index (χ2n) is 5.40. The summed E-state index contributed by atoms with van der Waals surface area (Å²) in [6.07, 6.45) is 1.35. The Kier molecular flexibility index (Phi) is 7.02. The number of nitrogens with zero attached hydrogens (tertiary/aromatic N) is 1. The SMILES string of the molecule is COC(=O)c1ccccc1NC(=O)/C(C#N)=C\c1cc(Cl)c(OC)c(OC)c1. The highest BCUT2D eigenvalue weighted by Gasteiger charge is 2.17. The van der Waals surface area contributed by atoms with E-state index in [1.165, 1.54) is 45.6 Å². The first-order valence-corrected chi connectivity index (χ1v) is 8.35. The smallest absolute Gasteiger partial charge is 0.339 e. The Labute approximate surface area is 167 Å². The number of ether oxygens (including phenoxy) is 3. The van der Waals surface area contributed by atoms with Crippen molar-refractivity contribution >= 4 is 35.2 Å². The zero-order valence-electron chi connectivity index (χ0n) is 15.4. The molecule has 28 heavy (non-hydrogen) atoms. The molecule has 0 aliphatic heterocycles. The Morgan fingerprint density at radius 1 is 1.14 bits per heavy atom. The number of nitriles is 1. The highest BCUT2D eigenvalue weighted by molar-refractivity contribution is 6.32. The monoisotopic (exact) mass is 400 g/mol. The molecule has 1 N–H and O–H groups in total. The quantitative estimate of drug-likeness (QED) is 0.451. The van der Waals surface area contributed by atoms with Gasteiger partial charge < -0.3 is 19.5 Å². The molecule has 0 fully saturated rings. The third-order valence-corrected chi connectivity index (χ3v) is 3.99. The van der Waals surface area contributed by atoms with Crippen LogP contribution >= 0.6 is 11.6 Å². The van der Waals surface area contributed by atoms with E-state index < -0.39 is 11.9 Å². The number of esters is 1. The van der Waals surface area contributed by atoms with Gasteiger partial charge in [0.15, 0.2) is 11.5 Å². The van der Waals surface area contributed by atoms with E-state index in [2.05, 4.69) is 5.32 Å². The number of hydrogen-bond donors (Lipinski definition) is 1. The van der Waals surface area contributed by atoms with E-state index in [4.69, 9.17) is 25.8 Å². The standard InChI is InChI=1S/C20H17ClN2O5/c1-26-17-10-12(9-15(21)18(17)27-2)8-13(11-22)19(24)23-16-7-5-4-6-14(16)20(25)28-3/h4-10H,1-3H3,(H,23,24)/b13-8-. The Hall–Kier alpha value is -3.50. The van der Waals surface area contributed by atoms with E-state index in [1.54, 1.807) is 18.2 Å². The van der Waals surface area contributed by atoms with Crippen LogP contribution in [0.3, 0.4) is 0 Å². The van der Waals surface area contributed by atoms with Crippen LogP contribution in [0.5, 0.6) is 11.5 Å². The maximum atomic E-state index is 12.5. The molecule has 0 saturated heterocycles. The molecule has 0 saturated carbocycles. The number of rotatable bonds is 6. The van der Waals surface area contributed by atoms with Crippen molar-refractivity contribution in [2.24, 2.45) is 0 Å². The molecule has 0 atom stereocenters. The topological polar surface area (TPSA) is 97.7 Å². The largest absolute Gasteiger partial charge is 0.493 e. The lowest BCUT2D eigenvalue weighted by Gasteiger charge is -2.11. The van der Waals surface area contributed by atoms with Crippen molar-refractivity contribution in [2.75, 3.05) is 26.6 Å². The molecule has 0 heterocycles. The normalized spacial score (nSPS) is 10.6. The van der Waals surface area contributed by atoms with Gasteiger partial charge >= 0.3 is 5.97 Å². The second-order valence-corrected chi connectivity index (χ2v) is 5.81. The first-order chi connectivity index (χ1) is 13.4. The van der Waals surface area contributed by atoms with Gasteiger partial charge in [-0.25, -0.2) is 4.79 Å². The predicted octanol–water partition coefficient (Wildman–Crippen LogP) is 3.69. The molecular weight excluding hydrogens is 384 g/mol. The average molecular weight is 401 g/mol. The first kappa shape index (κ1) is 20.8. The van der Waals surface area contributed by atoms with Crippen molar-refractivity contribution in [1.29, 1.82) is 5.26 Å². The summed E-state index contributed by atoms with van der Waals surface area (Å²) < 4.78 is 15.1. The van der Waals surface area contributed by atoms with Crippen molar-refractivity contribution < 1.29 is 23.8 Å². The number of halogens is 1. The van der Waals surface area contributed by atoms with Crippen molar-refractivity contribution in [2.45, 2.75) is 0 Å². The van der Waals surface area contributed by atoms with Crippen LogP contribution in [0.4, 0.5) is 5.69 Å². The van der Waals surface area contributed by atoms with Gasteiger partial charge in [-0.1, -0.05) is 23.7 Å². The third kappa shape index (κ3) is 4.61. The molecule has 0 radical (unpaired) electrons. The number of nitrogens with one attached hydrogen (secondary N) is 1. The minimum absolute atomic E-state index is 0.171. The summed E-state index contributed by atoms with van der Waals surface area (Å²) in [5.41, 5.74) is 0.675. The molecule has 7 nitrogen and oxygen atoms in total. The van der Waals surface area contributed by atoms with Gasteiger partial charge in [-0.05, 0) is 35.9 Å². The number of methoxy groups -OCH3 is 3. The molecule has 2 aromatic carbocycles. The molecule has 0 spiro atoms. The minimum Gasteiger partial charge on any atom is -0.493 e. The van der Waals surface area contributed by atoms with Gasteiger partial charge in [0.05, 0.1) is 37.6 Å². The highest BCUT2D eigenvalue weighted by Crippen LogP contribution is 2.36. The number of benzene rings is 2. The maximum Gasteiger partial charge on any atom is 0.339 e. The van der Waals surface area contributed by atoms with Crippen LogP contribution in [-0.2, 0) is 9.53 Å². The van der Waals surface area contributed by atoms with Crippen molar-refractivity contribution in [1.82, 2.24) is 0 Å². The van der Waals surface area contributed by atoms with Crippen LogP contribution in [0, 0.1) is 11.3 Å². The van der Waals surface area contributed by atoms with Crippen molar-refractivity contribution in [3.05, 3.63) is 58.1 Å². The zero-order valence-corrected chi connectivity index (χ0v) is 16.2. The van der Waals surface area contributed by atoms with Gasteiger partial charge in [0, 0.05) is 0 Å². The van der Waals surface area contributed by atoms with Crippen LogP contribution in [-0.4, -0.2) is 33.2 Å². The minimum atomic E-state index is -0.690. The lowest BCUT2D eigenvalue weighted by Crippen LogP contribution is -2.16. The van der Waals surface area contributed by atoms with E-state index in [1.807, 2.05) is 6.07 Å². The molecule has 0 bridgehead atoms. The fourth-order valence-electron chi connectivity index (χ4n) is 2.41. The lowest BCUT2D eigenvalue weighted by molar-refractivity contribution is -0.112. The average Bonchev–Trinajstić information content (AvgIpc) is 2.71. The predicted molar refractivity (Wildman–Crippen MR) is 105 cm³/mol. The van der Waals surface area contributed by atoms with Crippen LogP contribution in [0.25, 0.3) is 6.08 Å². The summed E-state index contributed by atoms with van der Waals surface area (Å²) in [4.78, 5) is 24.4. The van der Waals surface area contributed by atoms with Gasteiger partial charge in [-0.3, -0.25) is 4.79 Å². The first-order valence-electron chi connectivity index (χ1n) is 7.97. The van der Waals surface area contributed by atoms with Gasteiger partial charge in [0.2, 0.25) is 0 Å². The third-order valence-electron chi connectivity index (χ3n) is 3.71. The van der Waals surface area contributed by atoms with Crippen LogP contribution in [0.15, 0.2) is 42.0 Å². The Bertz CT molecular complexity index is 979. The fraction of sp³-hybridized carbons (Fsp3) is 0.150. The Morgan fingerprint density at radius 2 is 1.86 bits per heavy atom. The van der Waals surface area contributed by atoms with E-state index >= 15 is 0 Å². The molecule has 0 aliphatic rings. The van der Waals surface area contributed by atoms with E-state index in [9.17, 15) is 14.9 Å². The number of anilines is 1. The van der Waals surface area contributed by atoms with Gasteiger partial charge in [-0.15, -0.1) is 0 Å². The Morgan fingerprint density at radius 3 is 2.46 bits per heavy atom. The second kappa shape index (κ2) is 9.44. The fourth-order valence-corrected chi connectivity index (χ4v) is 2.70. The van der Waals surface area contributed by atoms with Crippen molar-refractivity contribution in [3.63, 3.8) is 0 Å². The Balaban J connectivity index is 2.37. The lowest BCUT2D eigenvalue weighted by atomic mass is 10.1. The molecule has 0 unspecified atom stereocenters. The maximum absolute atomic E-state index is 12.5. The van der Waals surface area contributed by atoms with E-state index in [-0.39, 0.29) is 21.8 Å². The summed E-state index contributed by atoms with van der Waals surface area (Å²) >= 11 is 6.15. The number of hydrogen-bond acceptors (Lipinski definition) is 6. The van der Waals surface area contributed by atoms with E-state index in [0.29, 0.717) is 17.1 Å². The number of amides is 1. The van der Waals surface area contributed by atoms with Gasteiger partial charge in [0.25, 0.3) is 5.91 Å². The number of para-hydroxylation sites is 1. The summed E-state index contributed by atoms with van der Waals surface area (Å²) in [5.74, 6) is -0.596. The molecule has 0 aliphatic carbocycles. The summed E-state index contributed by atoms with van der Waals surface area (Å²) in [5, 5.41) is 12.2. The van der Waals surface area contributed by atoms with Crippen LogP contribution in [0.2, 0.25) is 5.02 Å². The molecule has 144 valence electrons. The molecule has 8 heteroatoms. The molecule has 2 aromatic rings. The number of carbonyl (C=O) groups excluding carboxylic acids is 2. The van der Waals surface area contributed by atoms with Crippen LogP contribution < -0.4 is 14.8 Å². The number of carbonyl (C=O) groups is 2. The molecule has 2 rings (SSSR count). The van der Waals surface area contributed by atoms with Gasteiger partial charge in [0.1, 0.15) is 11.6 Å². The molecular formula is C20H17ClN2O5. The summed E-state index contributed by atoms with van der Waals surface area (Å²) in [7, 11) is 4.14. The molecule has 0 aromatic heterocycles. The summed E-state index contributed by atoms with van der Waals surface area (Å²) in [6, 6.07) is 11.3. The van der Waals surface area contributed by atoms with E-state index in [0.717, 1.165) is 0 Å². The molecule has 1 amide bonds. The van der Waals surface area contributed by atoms with Crippen LogP contribution in [0.1, 0.15) is 15.9 Å². The summed E-state index contributed by atoms with van der Waals surface area (Å²) in [6.45, 7) is 0.